The predicted molar refractivity (Wildman–Crippen MR) is 55.7 cm³/mol. The molecule has 0 unspecified atom stereocenters. The van der Waals surface area contributed by atoms with Crippen LogP contribution in [0.5, 0.6) is 0 Å². The molecule has 0 atom stereocenters. The van der Waals surface area contributed by atoms with Crippen molar-refractivity contribution in [2.45, 2.75) is 18.8 Å². The fourth-order valence-corrected chi connectivity index (χ4v) is 1.50. The van der Waals surface area contributed by atoms with Gasteiger partial charge in [-0.25, -0.2) is 4.98 Å². The largest absolute Gasteiger partial charge is 0.349 e. The first-order valence-electron chi connectivity index (χ1n) is 4.45. The van der Waals surface area contributed by atoms with Gasteiger partial charge in [-0.05, 0) is 24.8 Å². The Balaban J connectivity index is 2.41. The van der Waals surface area contributed by atoms with E-state index >= 15 is 0 Å². The molecule has 0 bridgehead atoms. The quantitative estimate of drug-likeness (QED) is 0.733. The van der Waals surface area contributed by atoms with Crippen LogP contribution in [0.15, 0.2) is 6.07 Å². The molecule has 0 aliphatic heterocycles. The molecule has 0 spiro atoms. The fraction of sp³-hybridized carbons (Fsp3) is 0.556. The lowest BCUT2D eigenvalue weighted by Crippen LogP contribution is -2.13. The number of nitrogens with one attached hydrogen (secondary N) is 1. The van der Waals surface area contributed by atoms with Crippen LogP contribution in [-0.4, -0.2) is 24.1 Å². The number of aromatic nitrogens is 2. The van der Waals surface area contributed by atoms with Gasteiger partial charge in [-0.15, -0.1) is 0 Å². The van der Waals surface area contributed by atoms with E-state index in [1.165, 1.54) is 18.5 Å². The zero-order chi connectivity index (χ0) is 9.42. The third-order valence-electron chi connectivity index (χ3n) is 2.19. The summed E-state index contributed by atoms with van der Waals surface area (Å²) in [6, 6.07) is 1.97. The first-order valence-corrected chi connectivity index (χ1v) is 4.86. The maximum absolute atomic E-state index is 5.10. The summed E-state index contributed by atoms with van der Waals surface area (Å²) < 4.78 is 0.685. The number of rotatable bonds is 2. The van der Waals surface area contributed by atoms with E-state index in [-0.39, 0.29) is 0 Å². The molecule has 13 heavy (non-hydrogen) atoms. The molecule has 2 rings (SSSR count). The Morgan fingerprint density at radius 2 is 2.23 bits per heavy atom. The summed E-state index contributed by atoms with van der Waals surface area (Å²) in [5.41, 5.74) is 1.24. The molecule has 0 saturated heterocycles. The first-order chi connectivity index (χ1) is 6.16. The average Bonchev–Trinajstić information content (AvgIpc) is 2.85. The molecule has 1 fully saturated rings. The maximum Gasteiger partial charge on any atom is 0.203 e. The Morgan fingerprint density at radius 3 is 2.77 bits per heavy atom. The zero-order valence-corrected chi connectivity index (χ0v) is 8.69. The highest BCUT2D eigenvalue weighted by Crippen LogP contribution is 2.39. The van der Waals surface area contributed by atoms with Crippen molar-refractivity contribution in [3.05, 3.63) is 16.4 Å². The number of nitrogens with zero attached hydrogens (tertiary/aromatic N) is 2. The second kappa shape index (κ2) is 3.10. The smallest absolute Gasteiger partial charge is 0.203 e. The first kappa shape index (κ1) is 8.69. The van der Waals surface area contributed by atoms with Crippen LogP contribution in [0.4, 0.5) is 5.95 Å². The molecular formula is C9H13N3S. The topological polar surface area (TPSA) is 31.9 Å². The normalized spacial score (nSPS) is 15.8. The SMILES string of the molecule is CN(C)c1nc(=S)cc(C2CC2)[nH]1. The van der Waals surface area contributed by atoms with Gasteiger partial charge >= 0.3 is 0 Å². The van der Waals surface area contributed by atoms with Gasteiger partial charge in [0.25, 0.3) is 0 Å². The molecule has 4 heteroatoms. The lowest BCUT2D eigenvalue weighted by atomic mass is 10.3. The monoisotopic (exact) mass is 195 g/mol. The van der Waals surface area contributed by atoms with Gasteiger partial charge in [0.2, 0.25) is 5.95 Å². The number of hydrogen-bond donors (Lipinski definition) is 1. The van der Waals surface area contributed by atoms with Gasteiger partial charge < -0.3 is 9.88 Å². The molecule has 1 aromatic rings. The van der Waals surface area contributed by atoms with E-state index in [0.717, 1.165) is 5.95 Å². The molecule has 1 aliphatic carbocycles. The maximum atomic E-state index is 5.10. The summed E-state index contributed by atoms with van der Waals surface area (Å²) in [6.07, 6.45) is 2.56. The molecule has 3 nitrogen and oxygen atoms in total. The van der Waals surface area contributed by atoms with E-state index < -0.39 is 0 Å². The van der Waals surface area contributed by atoms with E-state index in [4.69, 9.17) is 12.2 Å². The van der Waals surface area contributed by atoms with Crippen LogP contribution >= 0.6 is 12.2 Å². The summed E-state index contributed by atoms with van der Waals surface area (Å²) in [4.78, 5) is 9.47. The summed E-state index contributed by atoms with van der Waals surface area (Å²) >= 11 is 5.10. The molecule has 0 aromatic carbocycles. The van der Waals surface area contributed by atoms with Crippen LogP contribution < -0.4 is 4.90 Å². The molecule has 1 heterocycles. The summed E-state index contributed by atoms with van der Waals surface area (Å²) in [7, 11) is 3.93. The minimum atomic E-state index is 0.685. The van der Waals surface area contributed by atoms with Gasteiger partial charge in [-0.3, -0.25) is 0 Å². The number of H-pyrrole nitrogens is 1. The van der Waals surface area contributed by atoms with Crippen molar-refractivity contribution in [1.29, 1.82) is 0 Å². The van der Waals surface area contributed by atoms with E-state index in [0.29, 0.717) is 10.6 Å². The van der Waals surface area contributed by atoms with Crippen LogP contribution in [0.2, 0.25) is 0 Å². The van der Waals surface area contributed by atoms with Crippen LogP contribution in [-0.2, 0) is 0 Å². The molecule has 0 amide bonds. The lowest BCUT2D eigenvalue weighted by Gasteiger charge is -2.12. The zero-order valence-electron chi connectivity index (χ0n) is 7.87. The molecule has 1 saturated carbocycles. The van der Waals surface area contributed by atoms with E-state index in [2.05, 4.69) is 9.97 Å². The number of aromatic amines is 1. The van der Waals surface area contributed by atoms with Gasteiger partial charge in [0.05, 0.1) is 0 Å². The second-order valence-electron chi connectivity index (χ2n) is 3.67. The van der Waals surface area contributed by atoms with Gasteiger partial charge in [0.1, 0.15) is 4.64 Å². The van der Waals surface area contributed by atoms with Gasteiger partial charge in [-0.1, -0.05) is 12.2 Å². The summed E-state index contributed by atoms with van der Waals surface area (Å²) in [5, 5.41) is 0. The number of hydrogen-bond acceptors (Lipinski definition) is 3. The predicted octanol–water partition coefficient (Wildman–Crippen LogP) is 2.08. The molecular weight excluding hydrogens is 182 g/mol. The minimum absolute atomic E-state index is 0.685. The van der Waals surface area contributed by atoms with E-state index in [1.54, 1.807) is 0 Å². The van der Waals surface area contributed by atoms with Crippen molar-refractivity contribution < 1.29 is 0 Å². The van der Waals surface area contributed by atoms with Crippen LogP contribution in [0.25, 0.3) is 0 Å². The molecule has 1 N–H and O–H groups in total. The Morgan fingerprint density at radius 1 is 1.54 bits per heavy atom. The van der Waals surface area contributed by atoms with Crippen molar-refractivity contribution in [2.24, 2.45) is 0 Å². The highest BCUT2D eigenvalue weighted by atomic mass is 32.1. The van der Waals surface area contributed by atoms with Crippen LogP contribution in [0.1, 0.15) is 24.5 Å². The standard InChI is InChI=1S/C9H13N3S/c1-12(2)9-10-7(6-3-4-6)5-8(13)11-9/h5-6H,3-4H2,1-2H3,(H,10,11,13). The third-order valence-corrected chi connectivity index (χ3v) is 2.40. The van der Waals surface area contributed by atoms with E-state index in [9.17, 15) is 0 Å². The van der Waals surface area contributed by atoms with Crippen molar-refractivity contribution in [3.8, 4) is 0 Å². The fourth-order valence-electron chi connectivity index (χ4n) is 1.29. The minimum Gasteiger partial charge on any atom is -0.349 e. The third kappa shape index (κ3) is 1.88. The van der Waals surface area contributed by atoms with Crippen molar-refractivity contribution >= 4 is 18.2 Å². The van der Waals surface area contributed by atoms with E-state index in [1.807, 2.05) is 25.1 Å². The van der Waals surface area contributed by atoms with Crippen LogP contribution in [0, 0.1) is 4.64 Å². The summed E-state index contributed by atoms with van der Waals surface area (Å²) in [6.45, 7) is 0. The van der Waals surface area contributed by atoms with Crippen molar-refractivity contribution in [1.82, 2.24) is 9.97 Å². The molecule has 70 valence electrons. The molecule has 1 aliphatic rings. The Labute approximate surface area is 82.8 Å². The van der Waals surface area contributed by atoms with Crippen molar-refractivity contribution in [3.63, 3.8) is 0 Å². The highest BCUT2D eigenvalue weighted by molar-refractivity contribution is 7.71. The average molecular weight is 195 g/mol. The lowest BCUT2D eigenvalue weighted by molar-refractivity contribution is 0.928. The van der Waals surface area contributed by atoms with Gasteiger partial charge in [-0.2, -0.15) is 0 Å². The molecule has 1 aromatic heterocycles. The van der Waals surface area contributed by atoms with Crippen LogP contribution in [0.3, 0.4) is 0 Å². The molecule has 0 radical (unpaired) electrons. The Hall–Kier alpha value is -0.900. The Bertz CT molecular complexity index is 342. The second-order valence-corrected chi connectivity index (χ2v) is 4.09. The number of anilines is 1. The van der Waals surface area contributed by atoms with Gasteiger partial charge in [0, 0.05) is 19.8 Å². The van der Waals surface area contributed by atoms with Gasteiger partial charge in [0.15, 0.2) is 0 Å². The highest BCUT2D eigenvalue weighted by Gasteiger charge is 2.24. The Kier molecular flexibility index (Phi) is 2.07. The van der Waals surface area contributed by atoms with Crippen molar-refractivity contribution in [2.75, 3.05) is 19.0 Å². The summed E-state index contributed by atoms with van der Waals surface area (Å²) in [5.74, 6) is 1.55.